The van der Waals surface area contributed by atoms with Gasteiger partial charge in [0.2, 0.25) is 17.7 Å². The van der Waals surface area contributed by atoms with Crippen molar-refractivity contribution in [1.82, 2.24) is 30.6 Å². The molecule has 3 heterocycles. The second kappa shape index (κ2) is 16.1. The number of ketones is 1. The molecular formula is C37H42Cl2N6O4. The maximum Gasteiger partial charge on any atom is 0.237 e. The molecule has 0 spiro atoms. The Morgan fingerprint density at radius 1 is 0.918 bits per heavy atom. The molecule has 2 aromatic heterocycles. The number of halogens is 2. The second-order valence-corrected chi connectivity index (χ2v) is 13.9. The van der Waals surface area contributed by atoms with Gasteiger partial charge in [0.25, 0.3) is 0 Å². The number of hydrogen-bond donors (Lipinski definition) is 2. The van der Waals surface area contributed by atoms with Crippen LogP contribution in [0.3, 0.4) is 0 Å². The number of carbonyl (C=O) groups excluding carboxylic acids is 2. The normalized spacial score (nSPS) is 14.5. The number of aromatic nitrogens is 4. The fourth-order valence-corrected chi connectivity index (χ4v) is 6.86. The number of amides is 1. The van der Waals surface area contributed by atoms with E-state index in [1.165, 1.54) is 0 Å². The van der Waals surface area contributed by atoms with Gasteiger partial charge in [-0.1, -0.05) is 73.4 Å². The number of aryl methyl sites for hydroxylation is 1. The molecule has 2 N–H and O–H groups in total. The summed E-state index contributed by atoms with van der Waals surface area (Å²) in [6.07, 6.45) is 7.76. The predicted molar refractivity (Wildman–Crippen MR) is 192 cm³/mol. The molecule has 258 valence electrons. The Hall–Kier alpha value is -4.12. The number of rotatable bonds is 15. The van der Waals surface area contributed by atoms with E-state index in [9.17, 15) is 9.59 Å². The zero-order valence-electron chi connectivity index (χ0n) is 28.5. The van der Waals surface area contributed by atoms with Crippen molar-refractivity contribution < 1.29 is 19.1 Å². The Labute approximate surface area is 297 Å². The van der Waals surface area contributed by atoms with Crippen molar-refractivity contribution in [2.45, 2.75) is 71.9 Å². The number of carbonyl (C=O) groups is 2. The molecule has 0 aliphatic carbocycles. The first-order valence-electron chi connectivity index (χ1n) is 16.4. The van der Waals surface area contributed by atoms with E-state index in [-0.39, 0.29) is 23.1 Å². The second-order valence-electron chi connectivity index (χ2n) is 13.1. The van der Waals surface area contributed by atoms with Gasteiger partial charge in [0.05, 0.1) is 48.0 Å². The molecular weight excluding hydrogens is 663 g/mol. The van der Waals surface area contributed by atoms with Gasteiger partial charge in [-0.05, 0) is 38.0 Å². The van der Waals surface area contributed by atoms with Gasteiger partial charge >= 0.3 is 0 Å². The minimum Gasteiger partial charge on any atom is -0.480 e. The van der Waals surface area contributed by atoms with E-state index in [4.69, 9.17) is 42.6 Å². The summed E-state index contributed by atoms with van der Waals surface area (Å²) in [6.45, 7) is 6.77. The Morgan fingerprint density at radius 2 is 1.47 bits per heavy atom. The molecule has 2 aromatic carbocycles. The molecule has 1 aliphatic heterocycles. The van der Waals surface area contributed by atoms with Crippen molar-refractivity contribution in [3.8, 4) is 45.4 Å². The van der Waals surface area contributed by atoms with Gasteiger partial charge in [0, 0.05) is 54.2 Å². The summed E-state index contributed by atoms with van der Waals surface area (Å²) < 4.78 is 11.2. The first kappa shape index (κ1) is 36.2. The maximum atomic E-state index is 11.6. The van der Waals surface area contributed by atoms with Gasteiger partial charge in [-0.25, -0.2) is 9.97 Å². The number of Topliss-reactive ketones (excluding diaryl/α,β-unsaturated/α-hetero) is 1. The highest BCUT2D eigenvalue weighted by Gasteiger charge is 2.23. The van der Waals surface area contributed by atoms with Crippen LogP contribution in [-0.2, 0) is 22.6 Å². The third kappa shape index (κ3) is 8.92. The molecule has 0 unspecified atom stereocenters. The Morgan fingerprint density at radius 3 is 2.00 bits per heavy atom. The summed E-state index contributed by atoms with van der Waals surface area (Å²) in [5.74, 6) is 1.11. The van der Waals surface area contributed by atoms with Crippen LogP contribution >= 0.6 is 23.2 Å². The number of nitrogens with one attached hydrogen (secondary N) is 2. The lowest BCUT2D eigenvalue weighted by molar-refractivity contribution is -0.120. The van der Waals surface area contributed by atoms with Crippen molar-refractivity contribution in [3.63, 3.8) is 0 Å². The van der Waals surface area contributed by atoms with Crippen molar-refractivity contribution >= 4 is 34.9 Å². The van der Waals surface area contributed by atoms with Crippen LogP contribution in [0.2, 0.25) is 10.0 Å². The Bertz CT molecular complexity index is 1830. The van der Waals surface area contributed by atoms with Gasteiger partial charge in [-0.2, -0.15) is 0 Å². The zero-order valence-corrected chi connectivity index (χ0v) is 30.0. The molecule has 0 bridgehead atoms. The van der Waals surface area contributed by atoms with Crippen LogP contribution in [0.4, 0.5) is 0 Å². The zero-order chi connectivity index (χ0) is 35.1. The van der Waals surface area contributed by atoms with Crippen molar-refractivity contribution in [2.24, 2.45) is 5.41 Å². The van der Waals surface area contributed by atoms with E-state index in [1.54, 1.807) is 33.5 Å². The average Bonchev–Trinajstić information content (AvgIpc) is 3.49. The quantitative estimate of drug-likeness (QED) is 0.131. The standard InChI is InChI=1S/C37H42Cl2N6O4/c1-22(46)17-37(2,3)21-40-18-31-36(49-5)45-30(20-42-31)27-13-8-11-25(34(27)39)24-10-7-12-26(33(24)38)29-19-41-28(35(44-29)48-4)14-6-9-23-15-16-32(47)43-23/h7-8,10-13,19-20,23,40H,6,9,14-18,21H2,1-5H3,(H,43,47)/t23-/m1/s1. The summed E-state index contributed by atoms with van der Waals surface area (Å²) in [6, 6.07) is 11.6. The first-order valence-corrected chi connectivity index (χ1v) is 17.1. The Kier molecular flexibility index (Phi) is 11.9. The molecule has 0 radical (unpaired) electrons. The van der Waals surface area contributed by atoms with E-state index in [0.717, 1.165) is 36.1 Å². The van der Waals surface area contributed by atoms with Crippen molar-refractivity contribution in [3.05, 3.63) is 70.2 Å². The summed E-state index contributed by atoms with van der Waals surface area (Å²) >= 11 is 14.1. The van der Waals surface area contributed by atoms with Crippen molar-refractivity contribution in [2.75, 3.05) is 20.8 Å². The Balaban J connectivity index is 1.35. The van der Waals surface area contributed by atoms with E-state index in [2.05, 4.69) is 20.6 Å². The van der Waals surface area contributed by atoms with Gasteiger partial charge in [-0.3, -0.25) is 14.8 Å². The third-order valence-corrected chi connectivity index (χ3v) is 9.34. The van der Waals surface area contributed by atoms with Crippen LogP contribution in [0, 0.1) is 5.41 Å². The highest BCUT2D eigenvalue weighted by Crippen LogP contribution is 2.42. The van der Waals surface area contributed by atoms with E-state index in [1.807, 2.05) is 50.2 Å². The topological polar surface area (TPSA) is 128 Å². The number of ether oxygens (including phenoxy) is 2. The minimum absolute atomic E-state index is 0.120. The first-order chi connectivity index (χ1) is 23.5. The summed E-state index contributed by atoms with van der Waals surface area (Å²) in [7, 11) is 3.14. The van der Waals surface area contributed by atoms with Gasteiger partial charge in [-0.15, -0.1) is 0 Å². The third-order valence-electron chi connectivity index (χ3n) is 8.52. The summed E-state index contributed by atoms with van der Waals surface area (Å²) in [5, 5.41) is 7.32. The van der Waals surface area contributed by atoms with Crippen LogP contribution in [0.1, 0.15) is 64.3 Å². The van der Waals surface area contributed by atoms with Crippen LogP contribution in [0.5, 0.6) is 11.8 Å². The van der Waals surface area contributed by atoms with Gasteiger partial charge < -0.3 is 24.9 Å². The smallest absolute Gasteiger partial charge is 0.237 e. The molecule has 1 fully saturated rings. The van der Waals surface area contributed by atoms with Crippen LogP contribution < -0.4 is 20.1 Å². The fraction of sp³-hybridized carbons (Fsp3) is 0.405. The lowest BCUT2D eigenvalue weighted by Gasteiger charge is -2.23. The van der Waals surface area contributed by atoms with Gasteiger partial charge in [0.1, 0.15) is 17.2 Å². The van der Waals surface area contributed by atoms with Crippen LogP contribution in [0.25, 0.3) is 33.6 Å². The summed E-state index contributed by atoms with van der Waals surface area (Å²) in [4.78, 5) is 41.9. The molecule has 1 saturated heterocycles. The fourth-order valence-electron chi connectivity index (χ4n) is 6.21. The van der Waals surface area contributed by atoms with Crippen LogP contribution in [-0.4, -0.2) is 58.4 Å². The predicted octanol–water partition coefficient (Wildman–Crippen LogP) is 7.29. The molecule has 1 amide bonds. The molecule has 4 aromatic rings. The van der Waals surface area contributed by atoms with Crippen LogP contribution in [0.15, 0.2) is 48.8 Å². The number of hydrogen-bond acceptors (Lipinski definition) is 9. The average molecular weight is 706 g/mol. The van der Waals surface area contributed by atoms with E-state index < -0.39 is 0 Å². The summed E-state index contributed by atoms with van der Waals surface area (Å²) in [5.41, 5.74) is 5.17. The molecule has 10 nitrogen and oxygen atoms in total. The molecule has 0 saturated carbocycles. The van der Waals surface area contributed by atoms with E-state index >= 15 is 0 Å². The van der Waals surface area contributed by atoms with Crippen molar-refractivity contribution in [1.29, 1.82) is 0 Å². The highest BCUT2D eigenvalue weighted by molar-refractivity contribution is 6.39. The molecule has 5 rings (SSSR count). The minimum atomic E-state index is -0.183. The monoisotopic (exact) mass is 704 g/mol. The van der Waals surface area contributed by atoms with Gasteiger partial charge in [0.15, 0.2) is 0 Å². The molecule has 12 heteroatoms. The number of methoxy groups -OCH3 is 2. The lowest BCUT2D eigenvalue weighted by atomic mass is 9.87. The lowest BCUT2D eigenvalue weighted by Crippen LogP contribution is -2.31. The number of benzene rings is 2. The number of nitrogens with zero attached hydrogens (tertiary/aromatic N) is 4. The largest absolute Gasteiger partial charge is 0.480 e. The van der Waals surface area contributed by atoms with E-state index in [0.29, 0.717) is 82.4 Å². The highest BCUT2D eigenvalue weighted by atomic mass is 35.5. The molecule has 49 heavy (non-hydrogen) atoms. The SMILES string of the molecule is COc1nc(-c2cccc(-c3cccc(-c4cnc(CNCC(C)(C)CC(C)=O)c(OC)n4)c3Cl)c2Cl)cnc1CCC[C@@H]1CCC(=O)N1. The maximum absolute atomic E-state index is 11.6. The molecule has 1 aliphatic rings. The molecule has 1 atom stereocenters.